The fourth-order valence-electron chi connectivity index (χ4n) is 4.09. The van der Waals surface area contributed by atoms with E-state index in [4.69, 9.17) is 14.2 Å². The van der Waals surface area contributed by atoms with Gasteiger partial charge in [-0.25, -0.2) is 0 Å². The maximum atomic E-state index is 11.8. The maximum absolute atomic E-state index is 11.8. The molecule has 204 valence electrons. The van der Waals surface area contributed by atoms with Crippen molar-refractivity contribution in [2.24, 2.45) is 0 Å². The van der Waals surface area contributed by atoms with Crippen molar-refractivity contribution in [1.29, 1.82) is 0 Å². The van der Waals surface area contributed by atoms with E-state index in [1.165, 1.54) is 51.4 Å². The first-order chi connectivity index (χ1) is 17.1. The Kier molecular flexibility index (Phi) is 19.7. The van der Waals surface area contributed by atoms with Gasteiger partial charge in [-0.2, -0.15) is 0 Å². The Morgan fingerprint density at radius 1 is 0.743 bits per heavy atom. The number of esters is 2. The summed E-state index contributed by atoms with van der Waals surface area (Å²) in [5.41, 5.74) is 0. The van der Waals surface area contributed by atoms with Crippen LogP contribution in [0.4, 0.5) is 0 Å². The largest absolute Gasteiger partial charge is 0.463 e. The summed E-state index contributed by atoms with van der Waals surface area (Å²) in [6.07, 6.45) is 23.1. The monoisotopic (exact) mass is 496 g/mol. The quantitative estimate of drug-likeness (QED) is 0.0683. The number of aliphatic hydroxyl groups excluding tert-OH is 1. The molecule has 0 amide bonds. The molecule has 0 radical (unpaired) electrons. The van der Waals surface area contributed by atoms with Gasteiger partial charge in [-0.1, -0.05) is 90.2 Å². The lowest BCUT2D eigenvalue weighted by Gasteiger charge is -2.12. The van der Waals surface area contributed by atoms with E-state index in [2.05, 4.69) is 26.0 Å². The van der Waals surface area contributed by atoms with Gasteiger partial charge in [-0.05, 0) is 38.5 Å². The fourth-order valence-corrected chi connectivity index (χ4v) is 4.09. The third-order valence-corrected chi connectivity index (χ3v) is 6.42. The standard InChI is InChI=1S/C29H52O6/c1-3-5-7-12-17-21-28(31)33-23-25(30)24-34-29(32)22-18-14-11-9-8-10-13-16-20-27-26(35-27)19-15-6-4-2/h13,16,25-27,30H,3-12,14-15,17-24H2,1-2H3/b16-13-/t25-,26?,27?/m1/s1. The summed E-state index contributed by atoms with van der Waals surface area (Å²) < 4.78 is 15.8. The molecule has 0 bridgehead atoms. The molecule has 35 heavy (non-hydrogen) atoms. The number of hydrogen-bond donors (Lipinski definition) is 1. The molecule has 0 aliphatic carbocycles. The minimum absolute atomic E-state index is 0.122. The highest BCUT2D eigenvalue weighted by Gasteiger charge is 2.36. The Hall–Kier alpha value is -1.40. The molecule has 0 spiro atoms. The highest BCUT2D eigenvalue weighted by atomic mass is 16.6. The Balaban J connectivity index is 1.85. The topological polar surface area (TPSA) is 85.4 Å². The maximum Gasteiger partial charge on any atom is 0.305 e. The van der Waals surface area contributed by atoms with E-state index in [1.54, 1.807) is 0 Å². The predicted molar refractivity (Wildman–Crippen MR) is 140 cm³/mol. The highest BCUT2D eigenvalue weighted by Crippen LogP contribution is 2.30. The van der Waals surface area contributed by atoms with Crippen LogP contribution >= 0.6 is 0 Å². The zero-order valence-electron chi connectivity index (χ0n) is 22.5. The zero-order chi connectivity index (χ0) is 25.6. The normalized spacial score (nSPS) is 18.0. The van der Waals surface area contributed by atoms with E-state index >= 15 is 0 Å². The Morgan fingerprint density at radius 2 is 1.29 bits per heavy atom. The first kappa shape index (κ1) is 31.6. The van der Waals surface area contributed by atoms with Gasteiger partial charge in [0.25, 0.3) is 0 Å². The average molecular weight is 497 g/mol. The summed E-state index contributed by atoms with van der Waals surface area (Å²) in [4.78, 5) is 23.5. The Labute approximate surface area is 214 Å². The van der Waals surface area contributed by atoms with E-state index in [9.17, 15) is 14.7 Å². The molecule has 3 atom stereocenters. The second-order valence-corrected chi connectivity index (χ2v) is 9.91. The lowest BCUT2D eigenvalue weighted by Crippen LogP contribution is -2.25. The van der Waals surface area contributed by atoms with Gasteiger partial charge >= 0.3 is 11.9 Å². The summed E-state index contributed by atoms with van der Waals surface area (Å²) in [5, 5.41) is 9.84. The van der Waals surface area contributed by atoms with Crippen LogP contribution in [0, 0.1) is 0 Å². The van der Waals surface area contributed by atoms with Crippen LogP contribution in [0.25, 0.3) is 0 Å². The molecule has 0 aromatic heterocycles. The number of ether oxygens (including phenoxy) is 3. The molecule has 1 fully saturated rings. The molecule has 1 N–H and O–H groups in total. The van der Waals surface area contributed by atoms with E-state index in [-0.39, 0.29) is 25.2 Å². The van der Waals surface area contributed by atoms with Crippen molar-refractivity contribution < 1.29 is 28.9 Å². The molecule has 6 nitrogen and oxygen atoms in total. The van der Waals surface area contributed by atoms with Gasteiger partial charge in [0.15, 0.2) is 0 Å². The van der Waals surface area contributed by atoms with Gasteiger partial charge in [0, 0.05) is 12.8 Å². The molecule has 1 heterocycles. The summed E-state index contributed by atoms with van der Waals surface area (Å²) >= 11 is 0. The average Bonchev–Trinajstić information content (AvgIpc) is 3.60. The fraction of sp³-hybridized carbons (Fsp3) is 0.862. The number of epoxide rings is 1. The number of aliphatic hydroxyl groups is 1. The molecular formula is C29H52O6. The van der Waals surface area contributed by atoms with Crippen molar-refractivity contribution in [3.8, 4) is 0 Å². The SMILES string of the molecule is CCCCCCCC(=O)OC[C@@H](O)COC(=O)CCCCCCC/C=C\CC1OC1CCCCC. The lowest BCUT2D eigenvalue weighted by atomic mass is 10.1. The molecular weight excluding hydrogens is 444 g/mol. The number of carbonyl (C=O) groups excluding carboxylic acids is 2. The minimum atomic E-state index is -0.963. The summed E-state index contributed by atoms with van der Waals surface area (Å²) in [5.74, 6) is -0.602. The van der Waals surface area contributed by atoms with Crippen molar-refractivity contribution in [1.82, 2.24) is 0 Å². The predicted octanol–water partition coefficient (Wildman–Crippen LogP) is 6.82. The molecule has 1 aliphatic rings. The van der Waals surface area contributed by atoms with Crippen molar-refractivity contribution in [2.45, 2.75) is 148 Å². The van der Waals surface area contributed by atoms with Gasteiger partial charge in [-0.15, -0.1) is 0 Å². The number of allylic oxidation sites excluding steroid dienone is 1. The lowest BCUT2D eigenvalue weighted by molar-refractivity contribution is -0.152. The van der Waals surface area contributed by atoms with Crippen LogP contribution in [0.2, 0.25) is 0 Å². The van der Waals surface area contributed by atoms with E-state index in [1.807, 2.05) is 0 Å². The summed E-state index contributed by atoms with van der Waals surface area (Å²) in [6.45, 7) is 4.14. The van der Waals surface area contributed by atoms with E-state index in [0.29, 0.717) is 25.0 Å². The third kappa shape index (κ3) is 19.5. The zero-order valence-corrected chi connectivity index (χ0v) is 22.5. The molecule has 2 unspecified atom stereocenters. The molecule has 1 saturated heterocycles. The minimum Gasteiger partial charge on any atom is -0.463 e. The molecule has 1 aliphatic heterocycles. The number of carbonyl (C=O) groups is 2. The van der Waals surface area contributed by atoms with Crippen LogP contribution in [0.3, 0.4) is 0 Å². The molecule has 1 rings (SSSR count). The second-order valence-electron chi connectivity index (χ2n) is 9.91. The molecule has 0 aromatic rings. The summed E-state index contributed by atoms with van der Waals surface area (Å²) in [7, 11) is 0. The van der Waals surface area contributed by atoms with Crippen LogP contribution in [0.5, 0.6) is 0 Å². The van der Waals surface area contributed by atoms with Crippen LogP contribution in [0.1, 0.15) is 129 Å². The molecule has 0 aromatic carbocycles. The summed E-state index contributed by atoms with van der Waals surface area (Å²) in [6, 6.07) is 0. The number of hydrogen-bond acceptors (Lipinski definition) is 6. The van der Waals surface area contributed by atoms with Crippen molar-refractivity contribution in [3.05, 3.63) is 12.2 Å². The second kappa shape index (κ2) is 21.8. The van der Waals surface area contributed by atoms with Crippen molar-refractivity contribution in [2.75, 3.05) is 13.2 Å². The Morgan fingerprint density at radius 3 is 1.91 bits per heavy atom. The first-order valence-corrected chi connectivity index (χ1v) is 14.4. The van der Waals surface area contributed by atoms with Crippen LogP contribution in [0.15, 0.2) is 12.2 Å². The first-order valence-electron chi connectivity index (χ1n) is 14.4. The number of rotatable bonds is 24. The van der Waals surface area contributed by atoms with E-state index in [0.717, 1.165) is 51.4 Å². The van der Waals surface area contributed by atoms with Gasteiger partial charge in [0.1, 0.15) is 19.3 Å². The molecule has 6 heteroatoms. The Bertz CT molecular complexity index is 561. The smallest absolute Gasteiger partial charge is 0.305 e. The van der Waals surface area contributed by atoms with Crippen LogP contribution < -0.4 is 0 Å². The van der Waals surface area contributed by atoms with Gasteiger partial charge < -0.3 is 19.3 Å². The number of unbranched alkanes of at least 4 members (excludes halogenated alkanes) is 11. The van der Waals surface area contributed by atoms with Gasteiger partial charge in [0.05, 0.1) is 12.2 Å². The highest BCUT2D eigenvalue weighted by molar-refractivity contribution is 5.69. The van der Waals surface area contributed by atoms with E-state index < -0.39 is 6.10 Å². The van der Waals surface area contributed by atoms with Gasteiger partial charge in [-0.3, -0.25) is 9.59 Å². The third-order valence-electron chi connectivity index (χ3n) is 6.42. The molecule has 0 saturated carbocycles. The van der Waals surface area contributed by atoms with Crippen molar-refractivity contribution >= 4 is 11.9 Å². The van der Waals surface area contributed by atoms with Crippen LogP contribution in [-0.2, 0) is 23.8 Å². The van der Waals surface area contributed by atoms with Crippen molar-refractivity contribution in [3.63, 3.8) is 0 Å². The van der Waals surface area contributed by atoms with Gasteiger partial charge in [0.2, 0.25) is 0 Å². The van der Waals surface area contributed by atoms with Crippen LogP contribution in [-0.4, -0.2) is 48.6 Å².